The van der Waals surface area contributed by atoms with E-state index in [1.54, 1.807) is 0 Å². The number of nitrogens with zero attached hydrogens (tertiary/aromatic N) is 3. The first-order valence-corrected chi connectivity index (χ1v) is 22.3. The molecule has 66 heavy (non-hydrogen) atoms. The molecule has 3 aromatic heterocycles. The molecular formula is C62H46IrN3. The van der Waals surface area contributed by atoms with Crippen molar-refractivity contribution in [2.75, 3.05) is 0 Å². The monoisotopic (exact) mass is 1030 g/mol. The third-order valence-corrected chi connectivity index (χ3v) is 12.1. The van der Waals surface area contributed by atoms with Gasteiger partial charge in [0.15, 0.2) is 0 Å². The molecule has 318 valence electrons. The standard InChI is InChI=1S/C62H46N3.Ir/c1-44-17-36-62(65-43-44)54-34-35-58(59(42-54)51-32-30-50(31-33-51)49-11-3-2-4-12-49)57-14-6-5-13-56(57)55-40-47(20-18-45-22-26-52(27-23-45)60-15-7-9-37-63-60)39-48(41-55)21-19-46-24-28-53(29-25-46)61-16-8-10-38-64-61;/h2-17,22-26,28,30-33,35-43H,18-21H2,1H3;/q-3;+3. The van der Waals surface area contributed by atoms with Crippen molar-refractivity contribution < 1.29 is 20.1 Å². The molecular weight excluding hydrogens is 979 g/mol. The van der Waals surface area contributed by atoms with Gasteiger partial charge in [-0.25, -0.2) is 0 Å². The normalized spacial score (nSPS) is 10.9. The molecule has 0 fully saturated rings. The van der Waals surface area contributed by atoms with Crippen molar-refractivity contribution in [3.63, 3.8) is 0 Å². The van der Waals surface area contributed by atoms with E-state index in [1.807, 2.05) is 55.0 Å². The molecule has 0 bridgehead atoms. The van der Waals surface area contributed by atoms with E-state index in [-0.39, 0.29) is 20.1 Å². The van der Waals surface area contributed by atoms with Gasteiger partial charge in [0.1, 0.15) is 0 Å². The Morgan fingerprint density at radius 3 is 1.44 bits per heavy atom. The van der Waals surface area contributed by atoms with E-state index in [4.69, 9.17) is 4.98 Å². The van der Waals surface area contributed by atoms with Crippen LogP contribution in [0.2, 0.25) is 0 Å². The average Bonchev–Trinajstić information content (AvgIpc) is 3.38. The second-order valence-electron chi connectivity index (χ2n) is 16.6. The van der Waals surface area contributed by atoms with Gasteiger partial charge in [0.2, 0.25) is 0 Å². The molecule has 3 nitrogen and oxygen atoms in total. The Bertz CT molecular complexity index is 3040. The van der Waals surface area contributed by atoms with E-state index >= 15 is 0 Å². The first kappa shape index (κ1) is 43.9. The topological polar surface area (TPSA) is 38.7 Å². The first-order chi connectivity index (χ1) is 32.1. The zero-order valence-electron chi connectivity index (χ0n) is 36.7. The van der Waals surface area contributed by atoms with E-state index in [0.29, 0.717) is 0 Å². The van der Waals surface area contributed by atoms with Crippen LogP contribution < -0.4 is 0 Å². The average molecular weight is 1030 g/mol. The van der Waals surface area contributed by atoms with Crippen molar-refractivity contribution in [2.45, 2.75) is 32.6 Å². The molecule has 0 aliphatic carbocycles. The Morgan fingerprint density at radius 1 is 0.348 bits per heavy atom. The fourth-order valence-electron chi connectivity index (χ4n) is 8.54. The number of hydrogen-bond donors (Lipinski definition) is 0. The van der Waals surface area contributed by atoms with Gasteiger partial charge in [-0.2, -0.15) is 0 Å². The number of hydrogen-bond acceptors (Lipinski definition) is 3. The van der Waals surface area contributed by atoms with E-state index in [1.165, 1.54) is 44.5 Å². The number of aryl methyl sites for hydroxylation is 5. The summed E-state index contributed by atoms with van der Waals surface area (Å²) < 4.78 is 0. The van der Waals surface area contributed by atoms with Gasteiger partial charge in [-0.05, 0) is 93.5 Å². The molecule has 0 saturated heterocycles. The summed E-state index contributed by atoms with van der Waals surface area (Å²) in [6, 6.07) is 79.7. The van der Waals surface area contributed by atoms with Gasteiger partial charge in [0.25, 0.3) is 0 Å². The molecule has 0 N–H and O–H groups in total. The second-order valence-corrected chi connectivity index (χ2v) is 16.6. The Kier molecular flexibility index (Phi) is 13.7. The molecule has 0 aliphatic heterocycles. The molecule has 0 radical (unpaired) electrons. The van der Waals surface area contributed by atoms with Gasteiger partial charge >= 0.3 is 20.1 Å². The van der Waals surface area contributed by atoms with Crippen LogP contribution in [0.4, 0.5) is 0 Å². The predicted molar refractivity (Wildman–Crippen MR) is 267 cm³/mol. The molecule has 0 saturated carbocycles. The fraction of sp³-hybridized carbons (Fsp3) is 0.0806. The van der Waals surface area contributed by atoms with Crippen LogP contribution in [0.15, 0.2) is 213 Å². The number of benzene rings is 7. The maximum absolute atomic E-state index is 4.80. The number of pyridine rings is 3. The molecule has 0 spiro atoms. The minimum Gasteiger partial charge on any atom is -0.305 e. The van der Waals surface area contributed by atoms with Crippen molar-refractivity contribution in [3.8, 4) is 78.3 Å². The number of aromatic nitrogens is 3. The largest absolute Gasteiger partial charge is 3.00 e. The van der Waals surface area contributed by atoms with Crippen LogP contribution in [0.5, 0.6) is 0 Å². The molecule has 0 unspecified atom stereocenters. The maximum atomic E-state index is 4.80. The summed E-state index contributed by atoms with van der Waals surface area (Å²) in [4.78, 5) is 13.8. The van der Waals surface area contributed by atoms with E-state index in [9.17, 15) is 0 Å². The zero-order chi connectivity index (χ0) is 43.8. The summed E-state index contributed by atoms with van der Waals surface area (Å²) in [5.41, 5.74) is 21.4. The summed E-state index contributed by atoms with van der Waals surface area (Å²) in [6.45, 7) is 2.07. The number of rotatable bonds is 13. The van der Waals surface area contributed by atoms with Crippen LogP contribution in [0.1, 0.15) is 27.8 Å². The maximum Gasteiger partial charge on any atom is 3.00 e. The van der Waals surface area contributed by atoms with E-state index < -0.39 is 0 Å². The van der Waals surface area contributed by atoms with Crippen LogP contribution in [-0.4, -0.2) is 15.0 Å². The van der Waals surface area contributed by atoms with Crippen molar-refractivity contribution in [3.05, 3.63) is 259 Å². The van der Waals surface area contributed by atoms with Gasteiger partial charge in [-0.3, -0.25) is 0 Å². The van der Waals surface area contributed by atoms with E-state index in [0.717, 1.165) is 87.3 Å². The van der Waals surface area contributed by atoms with E-state index in [2.05, 4.69) is 193 Å². The quantitative estimate of drug-likeness (QED) is 0.108. The van der Waals surface area contributed by atoms with Crippen LogP contribution in [0, 0.1) is 25.1 Å². The minimum absolute atomic E-state index is 0. The van der Waals surface area contributed by atoms with Gasteiger partial charge in [0, 0.05) is 18.6 Å². The van der Waals surface area contributed by atoms with Gasteiger partial charge in [-0.15, -0.1) is 94.5 Å². The summed E-state index contributed by atoms with van der Waals surface area (Å²) in [7, 11) is 0. The van der Waals surface area contributed by atoms with Crippen molar-refractivity contribution in [1.29, 1.82) is 0 Å². The molecule has 7 aromatic carbocycles. The third kappa shape index (κ3) is 10.3. The molecule has 10 rings (SSSR count). The SMILES string of the molecule is Cc1ccc(-c2[c-]cc(-c3ccccc3-c3cc(CCc4c[c-]c(-c5ccccn5)cc4)cc(CCc4c[c-]c(-c5ccccn5)cc4)c3)c(-c3ccc(-c4ccccc4)cc3)c2)nc1.[Ir+3]. The third-order valence-electron chi connectivity index (χ3n) is 12.1. The zero-order valence-corrected chi connectivity index (χ0v) is 39.1. The Morgan fingerprint density at radius 2 is 0.879 bits per heavy atom. The molecule has 3 heterocycles. The molecule has 0 amide bonds. The first-order valence-electron chi connectivity index (χ1n) is 22.3. The second kappa shape index (κ2) is 20.6. The van der Waals surface area contributed by atoms with Gasteiger partial charge in [0.05, 0.1) is 0 Å². The summed E-state index contributed by atoms with van der Waals surface area (Å²) >= 11 is 0. The Hall–Kier alpha value is -7.36. The smallest absolute Gasteiger partial charge is 0.305 e. The minimum atomic E-state index is 0. The predicted octanol–water partition coefficient (Wildman–Crippen LogP) is 14.8. The van der Waals surface area contributed by atoms with Crippen molar-refractivity contribution in [1.82, 2.24) is 15.0 Å². The molecule has 0 aliphatic rings. The molecule has 0 atom stereocenters. The van der Waals surface area contributed by atoms with Crippen molar-refractivity contribution in [2.24, 2.45) is 0 Å². The van der Waals surface area contributed by atoms with Gasteiger partial charge < -0.3 is 15.0 Å². The summed E-state index contributed by atoms with van der Waals surface area (Å²) in [5.74, 6) is 0. The molecule has 10 aromatic rings. The summed E-state index contributed by atoms with van der Waals surface area (Å²) in [5, 5.41) is 0. The Labute approximate surface area is 402 Å². The van der Waals surface area contributed by atoms with Crippen LogP contribution in [0.25, 0.3) is 78.3 Å². The van der Waals surface area contributed by atoms with Crippen molar-refractivity contribution >= 4 is 0 Å². The van der Waals surface area contributed by atoms with Gasteiger partial charge in [-0.1, -0.05) is 163 Å². The molecule has 4 heteroatoms. The summed E-state index contributed by atoms with van der Waals surface area (Å²) in [6.07, 6.45) is 9.19. The van der Waals surface area contributed by atoms with Crippen LogP contribution in [0.3, 0.4) is 0 Å². The Balaban J connectivity index is 0.00000548. The van der Waals surface area contributed by atoms with Crippen LogP contribution in [-0.2, 0) is 45.8 Å². The van der Waals surface area contributed by atoms with Crippen LogP contribution >= 0.6 is 0 Å². The fourth-order valence-corrected chi connectivity index (χ4v) is 8.54.